The number of nitrogens with zero attached hydrogens (tertiary/aromatic N) is 5. The Morgan fingerprint density at radius 3 is 2.83 bits per heavy atom. The first kappa shape index (κ1) is 20.0. The van der Waals surface area contributed by atoms with Gasteiger partial charge in [0.05, 0.1) is 19.4 Å². The molecule has 1 aliphatic heterocycles. The number of rotatable bonds is 6. The van der Waals surface area contributed by atoms with Crippen molar-refractivity contribution in [2.75, 3.05) is 19.7 Å². The monoisotopic (exact) mass is 427 g/mol. The predicted molar refractivity (Wildman–Crippen MR) is 116 cm³/mol. The SMILES string of the molecule is C=CCn1c(-c2cccnc2)nn(CN2CCOC(c3ccc(Cl)cc3)C2)c1=S. The predicted octanol–water partition coefficient (Wildman–Crippen LogP) is 4.35. The van der Waals surface area contributed by atoms with Crippen molar-refractivity contribution in [3.63, 3.8) is 0 Å². The normalized spacial score (nSPS) is 17.3. The highest BCUT2D eigenvalue weighted by Gasteiger charge is 2.23. The maximum atomic E-state index is 6.01. The van der Waals surface area contributed by atoms with Crippen LogP contribution in [0.5, 0.6) is 0 Å². The standard InChI is InChI=1S/C21H22ClN5OS/c1-2-10-26-20(17-4-3-9-23-13-17)24-27(21(26)29)15-25-11-12-28-19(14-25)16-5-7-18(22)8-6-16/h2-9,13,19H,1,10-12,14-15H2. The number of pyridine rings is 1. The zero-order valence-electron chi connectivity index (χ0n) is 15.9. The second-order valence-corrected chi connectivity index (χ2v) is 7.68. The molecule has 1 aliphatic rings. The molecule has 3 aromatic rings. The van der Waals surface area contributed by atoms with Gasteiger partial charge in [-0.2, -0.15) is 5.10 Å². The van der Waals surface area contributed by atoms with E-state index >= 15 is 0 Å². The van der Waals surface area contributed by atoms with E-state index in [2.05, 4.69) is 16.5 Å². The van der Waals surface area contributed by atoms with Crippen LogP contribution >= 0.6 is 23.8 Å². The van der Waals surface area contributed by atoms with Gasteiger partial charge in [-0.05, 0) is 42.0 Å². The molecule has 1 atom stereocenters. The van der Waals surface area contributed by atoms with Gasteiger partial charge < -0.3 is 4.74 Å². The Kier molecular flexibility index (Phi) is 6.20. The number of halogens is 1. The van der Waals surface area contributed by atoms with Gasteiger partial charge in [0.25, 0.3) is 0 Å². The Bertz CT molecular complexity index is 1030. The summed E-state index contributed by atoms with van der Waals surface area (Å²) in [5, 5.41) is 5.52. The van der Waals surface area contributed by atoms with Crippen LogP contribution in [0.15, 0.2) is 61.4 Å². The summed E-state index contributed by atoms with van der Waals surface area (Å²) in [4.78, 5) is 6.51. The van der Waals surface area contributed by atoms with E-state index in [1.54, 1.807) is 12.4 Å². The van der Waals surface area contributed by atoms with Gasteiger partial charge in [-0.3, -0.25) is 14.5 Å². The number of ether oxygens (including phenoxy) is 1. The van der Waals surface area contributed by atoms with Crippen molar-refractivity contribution in [2.45, 2.75) is 19.3 Å². The Morgan fingerprint density at radius 2 is 2.10 bits per heavy atom. The van der Waals surface area contributed by atoms with Gasteiger partial charge in [-0.15, -0.1) is 6.58 Å². The molecule has 0 spiro atoms. The highest BCUT2D eigenvalue weighted by Crippen LogP contribution is 2.24. The van der Waals surface area contributed by atoms with Crippen LogP contribution in [0.4, 0.5) is 0 Å². The van der Waals surface area contributed by atoms with E-state index in [1.165, 1.54) is 0 Å². The summed E-state index contributed by atoms with van der Waals surface area (Å²) < 4.78 is 10.5. The van der Waals surface area contributed by atoms with E-state index in [-0.39, 0.29) is 6.10 Å². The van der Waals surface area contributed by atoms with Gasteiger partial charge in [0.1, 0.15) is 0 Å². The lowest BCUT2D eigenvalue weighted by Gasteiger charge is -2.32. The minimum atomic E-state index is 0.00300. The summed E-state index contributed by atoms with van der Waals surface area (Å²) in [6.07, 6.45) is 5.37. The van der Waals surface area contributed by atoms with Crippen molar-refractivity contribution >= 4 is 23.8 Å². The van der Waals surface area contributed by atoms with Crippen molar-refractivity contribution in [1.29, 1.82) is 0 Å². The molecule has 6 nitrogen and oxygen atoms in total. The zero-order valence-corrected chi connectivity index (χ0v) is 17.5. The first-order valence-electron chi connectivity index (χ1n) is 9.44. The van der Waals surface area contributed by atoms with Gasteiger partial charge in [-0.1, -0.05) is 29.8 Å². The molecule has 1 saturated heterocycles. The maximum absolute atomic E-state index is 6.01. The highest BCUT2D eigenvalue weighted by molar-refractivity contribution is 7.71. The third-order valence-corrected chi connectivity index (χ3v) is 5.56. The van der Waals surface area contributed by atoms with Crippen molar-refractivity contribution in [3.05, 3.63) is 76.8 Å². The summed E-state index contributed by atoms with van der Waals surface area (Å²) >= 11 is 11.7. The second kappa shape index (κ2) is 9.00. The smallest absolute Gasteiger partial charge is 0.199 e. The van der Waals surface area contributed by atoms with Gasteiger partial charge in [0.15, 0.2) is 10.6 Å². The molecule has 1 unspecified atom stereocenters. The van der Waals surface area contributed by atoms with Crippen LogP contribution in [0, 0.1) is 4.77 Å². The summed E-state index contributed by atoms with van der Waals surface area (Å²) in [7, 11) is 0. The van der Waals surface area contributed by atoms with Crippen LogP contribution < -0.4 is 0 Å². The van der Waals surface area contributed by atoms with Crippen LogP contribution in [-0.2, 0) is 18.0 Å². The summed E-state index contributed by atoms with van der Waals surface area (Å²) in [6.45, 7) is 7.29. The highest BCUT2D eigenvalue weighted by atomic mass is 35.5. The maximum Gasteiger partial charge on any atom is 0.199 e. The third-order valence-electron chi connectivity index (χ3n) is 4.88. The molecule has 8 heteroatoms. The summed E-state index contributed by atoms with van der Waals surface area (Å²) in [5.74, 6) is 0.797. The van der Waals surface area contributed by atoms with Crippen molar-refractivity contribution < 1.29 is 4.74 Å². The van der Waals surface area contributed by atoms with Crippen LogP contribution in [0.1, 0.15) is 11.7 Å². The molecule has 0 aliphatic carbocycles. The Hall–Kier alpha value is -2.32. The lowest BCUT2D eigenvalue weighted by molar-refractivity contribution is -0.0418. The lowest BCUT2D eigenvalue weighted by Crippen LogP contribution is -2.39. The minimum absolute atomic E-state index is 0.00300. The van der Waals surface area contributed by atoms with Crippen molar-refractivity contribution in [3.8, 4) is 11.4 Å². The Morgan fingerprint density at radius 1 is 1.28 bits per heavy atom. The van der Waals surface area contributed by atoms with Gasteiger partial charge in [0.2, 0.25) is 0 Å². The zero-order chi connectivity index (χ0) is 20.2. The molecule has 1 fully saturated rings. The van der Waals surface area contributed by atoms with E-state index in [0.717, 1.165) is 35.1 Å². The molecule has 0 amide bonds. The molecular weight excluding hydrogens is 406 g/mol. The number of allylic oxidation sites excluding steroid dienone is 1. The third kappa shape index (κ3) is 4.48. The molecule has 2 aromatic heterocycles. The first-order chi connectivity index (χ1) is 14.2. The topological polar surface area (TPSA) is 48.1 Å². The first-order valence-corrected chi connectivity index (χ1v) is 10.2. The second-order valence-electron chi connectivity index (χ2n) is 6.88. The largest absolute Gasteiger partial charge is 0.371 e. The molecule has 1 aromatic carbocycles. The Labute approximate surface area is 180 Å². The fourth-order valence-corrected chi connectivity index (χ4v) is 3.82. The van der Waals surface area contributed by atoms with E-state index in [1.807, 2.05) is 51.7 Å². The van der Waals surface area contributed by atoms with Crippen LogP contribution in [-0.4, -0.2) is 43.9 Å². The molecule has 150 valence electrons. The average Bonchev–Trinajstić information content (AvgIpc) is 3.05. The molecule has 0 saturated carbocycles. The fraction of sp³-hybridized carbons (Fsp3) is 0.286. The van der Waals surface area contributed by atoms with Gasteiger partial charge >= 0.3 is 0 Å². The molecule has 29 heavy (non-hydrogen) atoms. The number of hydrogen-bond acceptors (Lipinski definition) is 5. The molecular formula is C21H22ClN5OS. The van der Waals surface area contributed by atoms with E-state index < -0.39 is 0 Å². The molecule has 3 heterocycles. The average molecular weight is 428 g/mol. The van der Waals surface area contributed by atoms with E-state index in [0.29, 0.717) is 24.6 Å². The van der Waals surface area contributed by atoms with Gasteiger partial charge in [0, 0.05) is 42.6 Å². The van der Waals surface area contributed by atoms with E-state index in [9.17, 15) is 0 Å². The van der Waals surface area contributed by atoms with Crippen molar-refractivity contribution in [1.82, 2.24) is 24.2 Å². The summed E-state index contributed by atoms with van der Waals surface area (Å²) in [5.41, 5.74) is 2.05. The van der Waals surface area contributed by atoms with Crippen LogP contribution in [0.2, 0.25) is 5.02 Å². The fourth-order valence-electron chi connectivity index (χ4n) is 3.43. The number of morpholine rings is 1. The Balaban J connectivity index is 1.56. The molecule has 0 radical (unpaired) electrons. The molecule has 4 rings (SSSR count). The lowest BCUT2D eigenvalue weighted by atomic mass is 10.1. The summed E-state index contributed by atoms with van der Waals surface area (Å²) in [6, 6.07) is 11.7. The van der Waals surface area contributed by atoms with Crippen molar-refractivity contribution in [2.24, 2.45) is 0 Å². The number of hydrogen-bond donors (Lipinski definition) is 0. The number of benzene rings is 1. The number of aromatic nitrogens is 4. The van der Waals surface area contributed by atoms with Crippen LogP contribution in [0.25, 0.3) is 11.4 Å². The molecule has 0 bridgehead atoms. The quantitative estimate of drug-likeness (QED) is 0.432. The van der Waals surface area contributed by atoms with Gasteiger partial charge in [-0.25, -0.2) is 4.68 Å². The minimum Gasteiger partial charge on any atom is -0.371 e. The van der Waals surface area contributed by atoms with Crippen LogP contribution in [0.3, 0.4) is 0 Å². The molecule has 0 N–H and O–H groups in total. The van der Waals surface area contributed by atoms with E-state index in [4.69, 9.17) is 33.7 Å².